The standard InChI is InChI=1S/C8H13F3N2O2/c1-7(2,3)4(5(12)14)13-6(15)8(9,10)11/h4H,1-3H3,(H2,12,14)(H,13,15). The lowest BCUT2D eigenvalue weighted by molar-refractivity contribution is -0.175. The maximum absolute atomic E-state index is 11.9. The van der Waals surface area contributed by atoms with Crippen molar-refractivity contribution in [2.24, 2.45) is 11.1 Å². The number of hydrogen-bond acceptors (Lipinski definition) is 2. The highest BCUT2D eigenvalue weighted by atomic mass is 19.4. The molecule has 0 aromatic carbocycles. The minimum absolute atomic E-state index is 0.868. The van der Waals surface area contributed by atoms with Gasteiger partial charge in [-0.25, -0.2) is 0 Å². The first-order chi connectivity index (χ1) is 6.46. The quantitative estimate of drug-likeness (QED) is 0.722. The molecule has 0 fully saturated rings. The molecule has 0 aromatic rings. The molecule has 0 saturated heterocycles. The Morgan fingerprint density at radius 2 is 1.60 bits per heavy atom. The van der Waals surface area contributed by atoms with Crippen LogP contribution in [0.2, 0.25) is 0 Å². The average molecular weight is 226 g/mol. The molecule has 0 spiro atoms. The molecular weight excluding hydrogens is 213 g/mol. The van der Waals surface area contributed by atoms with Crippen molar-refractivity contribution < 1.29 is 22.8 Å². The number of nitrogens with one attached hydrogen (secondary N) is 1. The minimum Gasteiger partial charge on any atom is -0.368 e. The van der Waals surface area contributed by atoms with Crippen LogP contribution in [0.25, 0.3) is 0 Å². The second kappa shape index (κ2) is 4.08. The molecule has 0 aliphatic heterocycles. The molecule has 0 aromatic heterocycles. The third-order valence-corrected chi connectivity index (χ3v) is 1.68. The van der Waals surface area contributed by atoms with Crippen molar-refractivity contribution in [3.05, 3.63) is 0 Å². The molecule has 0 rings (SSSR count). The fourth-order valence-electron chi connectivity index (χ4n) is 0.927. The molecule has 15 heavy (non-hydrogen) atoms. The lowest BCUT2D eigenvalue weighted by Gasteiger charge is -2.28. The molecule has 3 N–H and O–H groups in total. The van der Waals surface area contributed by atoms with Crippen molar-refractivity contribution >= 4 is 11.8 Å². The molecule has 0 saturated carbocycles. The number of alkyl halides is 3. The minimum atomic E-state index is -5.01. The summed E-state index contributed by atoms with van der Waals surface area (Å²) in [5.74, 6) is -3.17. The average Bonchev–Trinajstić information content (AvgIpc) is 1.94. The van der Waals surface area contributed by atoms with Crippen molar-refractivity contribution in [2.75, 3.05) is 0 Å². The van der Waals surface area contributed by atoms with E-state index in [1.807, 2.05) is 0 Å². The molecule has 0 aliphatic rings. The Kier molecular flexibility index (Phi) is 3.73. The van der Waals surface area contributed by atoms with E-state index in [4.69, 9.17) is 5.73 Å². The number of carbonyl (C=O) groups excluding carboxylic acids is 2. The highest BCUT2D eigenvalue weighted by Gasteiger charge is 2.42. The molecule has 0 aliphatic carbocycles. The largest absolute Gasteiger partial charge is 0.471 e. The summed E-state index contributed by atoms with van der Waals surface area (Å²) in [6.45, 7) is 4.50. The number of hydrogen-bond donors (Lipinski definition) is 2. The number of nitrogens with two attached hydrogens (primary N) is 1. The summed E-state index contributed by atoms with van der Waals surface area (Å²) < 4.78 is 35.7. The molecule has 7 heteroatoms. The van der Waals surface area contributed by atoms with Crippen LogP contribution in [0.3, 0.4) is 0 Å². The third kappa shape index (κ3) is 4.18. The summed E-state index contributed by atoms with van der Waals surface area (Å²) in [5.41, 5.74) is 4.03. The van der Waals surface area contributed by atoms with Gasteiger partial charge in [0.1, 0.15) is 6.04 Å². The third-order valence-electron chi connectivity index (χ3n) is 1.68. The van der Waals surface area contributed by atoms with Crippen molar-refractivity contribution in [1.82, 2.24) is 5.32 Å². The van der Waals surface area contributed by atoms with Crippen LogP contribution in [0.4, 0.5) is 13.2 Å². The molecule has 4 nitrogen and oxygen atoms in total. The Balaban J connectivity index is 4.74. The van der Waals surface area contributed by atoms with Crippen molar-refractivity contribution in [2.45, 2.75) is 33.0 Å². The van der Waals surface area contributed by atoms with Gasteiger partial charge in [0.2, 0.25) is 5.91 Å². The van der Waals surface area contributed by atoms with Gasteiger partial charge in [0, 0.05) is 0 Å². The molecular formula is C8H13F3N2O2. The highest BCUT2D eigenvalue weighted by molar-refractivity contribution is 5.89. The van der Waals surface area contributed by atoms with Gasteiger partial charge in [-0.3, -0.25) is 9.59 Å². The zero-order valence-corrected chi connectivity index (χ0v) is 8.61. The number of rotatable bonds is 2. The van der Waals surface area contributed by atoms with E-state index in [0.29, 0.717) is 0 Å². The second-order valence-electron chi connectivity index (χ2n) is 4.17. The number of halogens is 3. The van der Waals surface area contributed by atoms with E-state index in [0.717, 1.165) is 0 Å². The van der Waals surface area contributed by atoms with Gasteiger partial charge in [-0.15, -0.1) is 0 Å². The van der Waals surface area contributed by atoms with E-state index in [1.54, 1.807) is 5.32 Å². The van der Waals surface area contributed by atoms with Crippen LogP contribution in [0.15, 0.2) is 0 Å². The van der Waals surface area contributed by atoms with Crippen LogP contribution >= 0.6 is 0 Å². The molecule has 0 heterocycles. The van der Waals surface area contributed by atoms with Crippen LogP contribution in [0.1, 0.15) is 20.8 Å². The maximum atomic E-state index is 11.9. The van der Waals surface area contributed by atoms with Crippen molar-refractivity contribution in [1.29, 1.82) is 0 Å². The first kappa shape index (κ1) is 13.7. The van der Waals surface area contributed by atoms with Gasteiger partial charge in [-0.1, -0.05) is 20.8 Å². The zero-order valence-electron chi connectivity index (χ0n) is 8.61. The van der Waals surface area contributed by atoms with Gasteiger partial charge in [0.05, 0.1) is 0 Å². The summed E-state index contributed by atoms with van der Waals surface area (Å²) in [5, 5.41) is 1.56. The Morgan fingerprint density at radius 1 is 1.20 bits per heavy atom. The topological polar surface area (TPSA) is 72.2 Å². The maximum Gasteiger partial charge on any atom is 0.471 e. The van der Waals surface area contributed by atoms with Crippen LogP contribution in [0.5, 0.6) is 0 Å². The van der Waals surface area contributed by atoms with Gasteiger partial charge in [0.15, 0.2) is 0 Å². The number of carbonyl (C=O) groups is 2. The Bertz CT molecular complexity index is 268. The number of primary amides is 1. The molecule has 0 bridgehead atoms. The van der Waals surface area contributed by atoms with Gasteiger partial charge >= 0.3 is 12.1 Å². The zero-order chi connectivity index (χ0) is 12.4. The van der Waals surface area contributed by atoms with Crippen LogP contribution in [-0.2, 0) is 9.59 Å². The number of amides is 2. The molecule has 2 amide bonds. The molecule has 1 unspecified atom stereocenters. The second-order valence-corrected chi connectivity index (χ2v) is 4.17. The van der Waals surface area contributed by atoms with E-state index in [1.165, 1.54) is 20.8 Å². The predicted octanol–water partition coefficient (Wildman–Crippen LogP) is 0.565. The van der Waals surface area contributed by atoms with Gasteiger partial charge in [-0.05, 0) is 5.41 Å². The van der Waals surface area contributed by atoms with E-state index < -0.39 is 29.4 Å². The summed E-state index contributed by atoms with van der Waals surface area (Å²) in [6.07, 6.45) is -5.01. The summed E-state index contributed by atoms with van der Waals surface area (Å²) in [7, 11) is 0. The monoisotopic (exact) mass is 226 g/mol. The predicted molar refractivity (Wildman–Crippen MR) is 46.6 cm³/mol. The van der Waals surface area contributed by atoms with Crippen LogP contribution < -0.4 is 11.1 Å². The molecule has 88 valence electrons. The van der Waals surface area contributed by atoms with E-state index >= 15 is 0 Å². The lowest BCUT2D eigenvalue weighted by atomic mass is 9.86. The van der Waals surface area contributed by atoms with Crippen molar-refractivity contribution in [3.63, 3.8) is 0 Å². The molecule has 1 atom stereocenters. The Morgan fingerprint density at radius 3 is 1.80 bits per heavy atom. The van der Waals surface area contributed by atoms with Crippen LogP contribution in [-0.4, -0.2) is 24.0 Å². The first-order valence-corrected chi connectivity index (χ1v) is 4.13. The fourth-order valence-corrected chi connectivity index (χ4v) is 0.927. The van der Waals surface area contributed by atoms with Gasteiger partial charge in [-0.2, -0.15) is 13.2 Å². The Hall–Kier alpha value is -1.27. The summed E-state index contributed by atoms with van der Waals surface area (Å²) >= 11 is 0. The first-order valence-electron chi connectivity index (χ1n) is 4.13. The Labute approximate surface area is 85.0 Å². The van der Waals surface area contributed by atoms with E-state index in [9.17, 15) is 22.8 Å². The normalized spacial score (nSPS) is 14.5. The van der Waals surface area contributed by atoms with Crippen LogP contribution in [0, 0.1) is 5.41 Å². The highest BCUT2D eigenvalue weighted by Crippen LogP contribution is 2.21. The summed E-state index contributed by atoms with van der Waals surface area (Å²) in [6, 6.07) is -1.35. The van der Waals surface area contributed by atoms with Crippen molar-refractivity contribution in [3.8, 4) is 0 Å². The van der Waals surface area contributed by atoms with E-state index in [-0.39, 0.29) is 0 Å². The van der Waals surface area contributed by atoms with Gasteiger partial charge in [0.25, 0.3) is 0 Å². The SMILES string of the molecule is CC(C)(C)C(NC(=O)C(F)(F)F)C(N)=O. The molecule has 0 radical (unpaired) electrons. The smallest absolute Gasteiger partial charge is 0.368 e. The lowest BCUT2D eigenvalue weighted by Crippen LogP contribution is -2.55. The fraction of sp³-hybridized carbons (Fsp3) is 0.750. The summed E-state index contributed by atoms with van der Waals surface area (Å²) in [4.78, 5) is 21.4. The van der Waals surface area contributed by atoms with Gasteiger partial charge < -0.3 is 11.1 Å². The van der Waals surface area contributed by atoms with E-state index in [2.05, 4.69) is 0 Å².